The Balaban J connectivity index is 0.000000163. The Hall–Kier alpha value is -10.4. The van der Waals surface area contributed by atoms with Gasteiger partial charge in [0.2, 0.25) is 5.65 Å². The van der Waals surface area contributed by atoms with Gasteiger partial charge in [-0.25, -0.2) is 28.7 Å². The van der Waals surface area contributed by atoms with Crippen LogP contribution in [0, 0.1) is 41.5 Å². The lowest BCUT2D eigenvalue weighted by Gasteiger charge is -2.03. The number of aryl methyl sites for hydroxylation is 12. The lowest BCUT2D eigenvalue weighted by Crippen LogP contribution is -2.03. The molecule has 0 radical (unpaired) electrons. The van der Waals surface area contributed by atoms with Crippen LogP contribution in [0.3, 0.4) is 0 Å². The Morgan fingerprint density at radius 3 is 1.21 bits per heavy atom. The molecule has 0 N–H and O–H groups in total. The fraction of sp³-hybridized carbons (Fsp3) is 0.429. The van der Waals surface area contributed by atoms with Crippen molar-refractivity contribution in [3.8, 4) is 0 Å². The molecule has 8 heterocycles. The zero-order chi connectivity index (χ0) is 69.3. The Bertz CT molecular complexity index is 4440. The van der Waals surface area contributed by atoms with Gasteiger partial charge in [0, 0.05) is 77.1 Å². The van der Waals surface area contributed by atoms with E-state index in [-0.39, 0.29) is 34.7 Å². The van der Waals surface area contributed by atoms with Gasteiger partial charge in [0.1, 0.15) is 78.8 Å². The summed E-state index contributed by atoms with van der Waals surface area (Å²) in [5, 5.41) is 49.9. The molecule has 4 aromatic carbocycles. The number of carbonyl (C=O) groups excluding carboxylic acids is 6. The zero-order valence-corrected chi connectivity index (χ0v) is 57.4. The Kier molecular flexibility index (Phi) is 27.6. The number of ketones is 6. The van der Waals surface area contributed by atoms with E-state index in [0.29, 0.717) is 70.4 Å². The third-order valence-corrected chi connectivity index (χ3v) is 15.3. The van der Waals surface area contributed by atoms with E-state index in [1.807, 2.05) is 77.8 Å². The maximum Gasteiger partial charge on any atom is 0.201 e. The number of hydrogen-bond donors (Lipinski definition) is 0. The van der Waals surface area contributed by atoms with Crippen molar-refractivity contribution in [3.63, 3.8) is 0 Å². The van der Waals surface area contributed by atoms with Crippen LogP contribution in [-0.2, 0) is 68.0 Å². The summed E-state index contributed by atoms with van der Waals surface area (Å²) >= 11 is 0. The predicted molar refractivity (Wildman–Crippen MR) is 369 cm³/mol. The molecular weight excluding hydrogens is 1220 g/mol. The van der Waals surface area contributed by atoms with Gasteiger partial charge in [-0.2, -0.15) is 30.0 Å². The summed E-state index contributed by atoms with van der Waals surface area (Å²) in [6.07, 6.45) is 11.8. The number of hydrogen-bond acceptors (Lipinski definition) is 20. The predicted octanol–water partition coefficient (Wildman–Crippen LogP) is 11.4. The van der Waals surface area contributed by atoms with Crippen molar-refractivity contribution in [2.45, 2.75) is 199 Å². The van der Waals surface area contributed by atoms with E-state index in [9.17, 15) is 28.8 Å². The number of Topliss-reactive ketones (excluding diaryl/α,β-unsaturated/α-hetero) is 6. The van der Waals surface area contributed by atoms with Crippen molar-refractivity contribution in [3.05, 3.63) is 131 Å². The van der Waals surface area contributed by atoms with E-state index >= 15 is 0 Å². The maximum absolute atomic E-state index is 10.9. The number of pyridine rings is 2. The summed E-state index contributed by atoms with van der Waals surface area (Å²) in [5.41, 5.74) is 18.1. The molecule has 0 atom stereocenters. The minimum Gasteiger partial charge on any atom is -0.300 e. The smallest absolute Gasteiger partial charge is 0.201 e. The Labute approximate surface area is 557 Å². The van der Waals surface area contributed by atoms with E-state index in [1.165, 1.54) is 33.4 Å². The molecule has 0 aliphatic carbocycles. The van der Waals surface area contributed by atoms with Crippen molar-refractivity contribution in [2.75, 3.05) is 0 Å². The minimum absolute atomic E-state index is 0.201. The quantitative estimate of drug-likeness (QED) is 0.0542. The first-order valence-electron chi connectivity index (χ1n) is 32.5. The van der Waals surface area contributed by atoms with Gasteiger partial charge < -0.3 is 28.8 Å². The fourth-order valence-electron chi connectivity index (χ4n) is 9.90. The van der Waals surface area contributed by atoms with Crippen LogP contribution in [0.15, 0.2) is 97.3 Å². The van der Waals surface area contributed by atoms with Gasteiger partial charge in [-0.3, -0.25) is 0 Å². The second kappa shape index (κ2) is 36.3. The summed E-state index contributed by atoms with van der Waals surface area (Å²) in [4.78, 5) is 76.6. The van der Waals surface area contributed by atoms with Crippen LogP contribution in [0.4, 0.5) is 0 Å². The molecule has 504 valence electrons. The summed E-state index contributed by atoms with van der Waals surface area (Å²) in [5.74, 6) is 1.29. The van der Waals surface area contributed by atoms with Gasteiger partial charge in [-0.1, -0.05) is 33.0 Å². The first kappa shape index (κ1) is 73.0. The maximum atomic E-state index is 10.9. The molecule has 0 saturated heterocycles. The van der Waals surface area contributed by atoms with Crippen LogP contribution in [0.25, 0.3) is 66.5 Å². The highest BCUT2D eigenvalue weighted by Gasteiger charge is 2.11. The first-order chi connectivity index (χ1) is 46.0. The van der Waals surface area contributed by atoms with Crippen molar-refractivity contribution >= 4 is 101 Å². The summed E-state index contributed by atoms with van der Waals surface area (Å²) in [6.45, 7) is 26.3. The van der Waals surface area contributed by atoms with Crippen LogP contribution in [0.5, 0.6) is 0 Å². The van der Waals surface area contributed by atoms with Crippen LogP contribution in [0.1, 0.15) is 152 Å². The third kappa shape index (κ3) is 23.0. The molecule has 26 nitrogen and oxygen atoms in total. The number of carbonyl (C=O) groups is 6. The molecule has 96 heavy (non-hydrogen) atoms. The second-order valence-electron chi connectivity index (χ2n) is 24.2. The van der Waals surface area contributed by atoms with E-state index in [0.717, 1.165) is 112 Å². The molecule has 8 aromatic heterocycles. The largest absolute Gasteiger partial charge is 0.300 e. The van der Waals surface area contributed by atoms with Gasteiger partial charge in [0.15, 0.2) is 5.65 Å². The molecule has 0 amide bonds. The number of nitrogens with zero attached hydrogens (tertiary/aromatic N) is 20. The molecule has 0 aliphatic heterocycles. The highest BCUT2D eigenvalue weighted by atomic mass is 16.1. The minimum atomic E-state index is 0.201. The average molecular weight is 1310 g/mol. The van der Waals surface area contributed by atoms with Crippen LogP contribution in [-0.4, -0.2) is 135 Å². The van der Waals surface area contributed by atoms with Crippen molar-refractivity contribution in [2.24, 2.45) is 0 Å². The van der Waals surface area contributed by atoms with E-state index in [4.69, 9.17) is 0 Å². The lowest BCUT2D eigenvalue weighted by atomic mass is 10.1. The average Bonchev–Trinajstić information content (AvgIpc) is 1.67. The molecule has 0 fully saturated rings. The monoisotopic (exact) mass is 1300 g/mol. The van der Waals surface area contributed by atoms with E-state index in [1.54, 1.807) is 72.9 Å². The standard InChI is InChI=1S/2C13H17N3O.2C12H15N3O.2C10H12N4O/c1-9-7-12-13(8-10(9)2)16(15-14-12)6-4-5-11(3)17;1-9-7-12-13(8-10(9)2)15-16(14-12)6-4-5-11(3)17;1-9-5-6-11-12(8-9)15(14-13-11)7-3-4-10(2)16;1-9-5-6-11-12(8-9)14-15(13-11)7-3-4-10(2)16;1-8(15)4-3-7-14-9-5-2-6-11-10(9)12-13-14;1-8(15)4-3-7-14-10-9(12-13-14)5-2-6-11-10/h2*7-8H,4-6H2,1-3H3;2*5-6,8H,3-4,7H2,1-2H3;2*2,5-6H,3-4,7H2,1H3. The summed E-state index contributed by atoms with van der Waals surface area (Å²) in [7, 11) is 0. The fourth-order valence-corrected chi connectivity index (χ4v) is 9.90. The molecule has 12 rings (SSSR count). The Morgan fingerprint density at radius 1 is 0.323 bits per heavy atom. The summed E-state index contributed by atoms with van der Waals surface area (Å²) < 4.78 is 7.26. The van der Waals surface area contributed by atoms with Gasteiger partial charge in [-0.15, -0.1) is 20.4 Å². The van der Waals surface area contributed by atoms with Gasteiger partial charge in [0.25, 0.3) is 0 Å². The van der Waals surface area contributed by atoms with Crippen molar-refractivity contribution < 1.29 is 28.8 Å². The molecular formula is C70H88N20O6. The van der Waals surface area contributed by atoms with E-state index in [2.05, 4.69) is 130 Å². The highest BCUT2D eigenvalue weighted by molar-refractivity contribution is 5.80. The zero-order valence-electron chi connectivity index (χ0n) is 57.4. The highest BCUT2D eigenvalue weighted by Crippen LogP contribution is 2.20. The molecule has 0 spiro atoms. The second-order valence-corrected chi connectivity index (χ2v) is 24.2. The van der Waals surface area contributed by atoms with Crippen molar-refractivity contribution in [1.29, 1.82) is 0 Å². The van der Waals surface area contributed by atoms with Crippen molar-refractivity contribution in [1.82, 2.24) is 99.9 Å². The SMILES string of the molecule is CC(=O)CCCn1nc2cc(C)c(C)cc2n1.CC(=O)CCCn1nc2ccc(C)cc2n1.CC(=O)CCCn1nnc2cc(C)c(C)cc21.CC(=O)CCCn1nnc2ccc(C)cc21.CC(=O)CCCn1nnc2cccnc21.CC(=O)CCCn1nnc2ncccc21. The number of benzene rings is 4. The number of fused-ring (bicyclic) bond motifs is 6. The van der Waals surface area contributed by atoms with Gasteiger partial charge in [-0.05, 0) is 228 Å². The van der Waals surface area contributed by atoms with E-state index < -0.39 is 0 Å². The normalized spacial score (nSPS) is 10.9. The lowest BCUT2D eigenvalue weighted by molar-refractivity contribution is -0.118. The molecule has 0 unspecified atom stereocenters. The molecule has 0 bridgehead atoms. The van der Waals surface area contributed by atoms with Gasteiger partial charge >= 0.3 is 0 Å². The van der Waals surface area contributed by atoms with Crippen LogP contribution in [0.2, 0.25) is 0 Å². The summed E-state index contributed by atoms with van der Waals surface area (Å²) in [6, 6.07) is 27.8. The first-order valence-corrected chi connectivity index (χ1v) is 32.5. The van der Waals surface area contributed by atoms with Crippen LogP contribution < -0.4 is 0 Å². The number of aromatic nitrogens is 20. The molecule has 0 saturated carbocycles. The molecule has 26 heteroatoms. The number of rotatable bonds is 24. The van der Waals surface area contributed by atoms with Gasteiger partial charge in [0.05, 0.1) is 24.1 Å². The topological polar surface area (TPSA) is 312 Å². The Morgan fingerprint density at radius 2 is 0.688 bits per heavy atom. The molecule has 12 aromatic rings. The third-order valence-electron chi connectivity index (χ3n) is 15.3. The van der Waals surface area contributed by atoms with Crippen LogP contribution >= 0.6 is 0 Å². The molecule has 0 aliphatic rings.